The summed E-state index contributed by atoms with van der Waals surface area (Å²) in [4.78, 5) is 17.6. The fraction of sp³-hybridized carbons (Fsp3) is 0.353. The summed E-state index contributed by atoms with van der Waals surface area (Å²) in [6, 6.07) is 11.6. The zero-order chi connectivity index (χ0) is 16.2. The lowest BCUT2D eigenvalue weighted by atomic mass is 10.2. The molecule has 2 aromatic rings. The molecule has 122 valence electrons. The molecule has 0 saturated carbocycles. The van der Waals surface area contributed by atoms with Crippen LogP contribution in [0, 0.1) is 0 Å². The van der Waals surface area contributed by atoms with Crippen molar-refractivity contribution in [2.75, 3.05) is 26.2 Å². The van der Waals surface area contributed by atoms with Crippen molar-refractivity contribution in [2.45, 2.75) is 13.0 Å². The predicted octanol–water partition coefficient (Wildman–Crippen LogP) is 4.40. The van der Waals surface area contributed by atoms with Crippen molar-refractivity contribution < 1.29 is 4.79 Å². The molecule has 0 N–H and O–H groups in total. The minimum Gasteiger partial charge on any atom is -0.337 e. The first-order valence-corrected chi connectivity index (χ1v) is 9.20. The van der Waals surface area contributed by atoms with Gasteiger partial charge in [-0.05, 0) is 36.2 Å². The molecule has 0 spiro atoms. The summed E-state index contributed by atoms with van der Waals surface area (Å²) in [5, 5.41) is 0.760. The monoisotopic (exact) mass is 368 g/mol. The molecule has 6 heteroatoms. The van der Waals surface area contributed by atoms with Crippen LogP contribution in [-0.2, 0) is 6.54 Å². The van der Waals surface area contributed by atoms with E-state index in [0.29, 0.717) is 4.34 Å². The molecule has 1 fully saturated rings. The number of halogens is 2. The number of amides is 1. The molecule has 1 aliphatic heterocycles. The number of benzene rings is 1. The van der Waals surface area contributed by atoms with E-state index in [1.54, 1.807) is 6.07 Å². The molecule has 1 aromatic heterocycles. The molecule has 1 amide bonds. The van der Waals surface area contributed by atoms with Gasteiger partial charge in [-0.3, -0.25) is 9.69 Å². The van der Waals surface area contributed by atoms with Crippen LogP contribution in [0.4, 0.5) is 0 Å². The van der Waals surface area contributed by atoms with Crippen molar-refractivity contribution in [3.05, 3.63) is 56.2 Å². The molecule has 0 aliphatic carbocycles. The molecular weight excluding hydrogens is 351 g/mol. The first-order chi connectivity index (χ1) is 11.1. The zero-order valence-electron chi connectivity index (χ0n) is 12.7. The minimum absolute atomic E-state index is 0.0928. The summed E-state index contributed by atoms with van der Waals surface area (Å²) >= 11 is 13.2. The van der Waals surface area contributed by atoms with Crippen LogP contribution in [0.5, 0.6) is 0 Å². The fourth-order valence-electron chi connectivity index (χ4n) is 2.77. The average molecular weight is 369 g/mol. The van der Waals surface area contributed by atoms with Crippen LogP contribution in [0.25, 0.3) is 0 Å². The van der Waals surface area contributed by atoms with E-state index in [2.05, 4.69) is 17.0 Å². The van der Waals surface area contributed by atoms with Gasteiger partial charge in [0.15, 0.2) is 0 Å². The van der Waals surface area contributed by atoms with Crippen LogP contribution in [-0.4, -0.2) is 41.9 Å². The maximum Gasteiger partial charge on any atom is 0.264 e. The molecule has 0 bridgehead atoms. The van der Waals surface area contributed by atoms with Gasteiger partial charge in [0.05, 0.1) is 9.21 Å². The van der Waals surface area contributed by atoms with Crippen LogP contribution < -0.4 is 0 Å². The quantitative estimate of drug-likeness (QED) is 0.801. The Morgan fingerprint density at radius 1 is 1.00 bits per heavy atom. The van der Waals surface area contributed by atoms with E-state index in [4.69, 9.17) is 23.2 Å². The van der Waals surface area contributed by atoms with Gasteiger partial charge in [0.1, 0.15) is 0 Å². The number of thiophene rings is 1. The molecule has 23 heavy (non-hydrogen) atoms. The third-order valence-electron chi connectivity index (χ3n) is 3.98. The molecule has 1 aromatic carbocycles. The van der Waals surface area contributed by atoms with Gasteiger partial charge in [0, 0.05) is 37.7 Å². The van der Waals surface area contributed by atoms with Crippen molar-refractivity contribution >= 4 is 40.4 Å². The molecule has 3 rings (SSSR count). The number of carbonyl (C=O) groups excluding carboxylic acids is 1. The minimum atomic E-state index is 0.0928. The number of carbonyl (C=O) groups is 1. The topological polar surface area (TPSA) is 23.6 Å². The van der Waals surface area contributed by atoms with Gasteiger partial charge in [-0.15, -0.1) is 11.3 Å². The fourth-order valence-corrected chi connectivity index (χ4v) is 3.90. The highest BCUT2D eigenvalue weighted by molar-refractivity contribution is 7.17. The van der Waals surface area contributed by atoms with E-state index >= 15 is 0 Å². The average Bonchev–Trinajstić information content (AvgIpc) is 2.84. The Balaban J connectivity index is 1.58. The van der Waals surface area contributed by atoms with Crippen LogP contribution in [0.2, 0.25) is 9.36 Å². The van der Waals surface area contributed by atoms with Crippen LogP contribution in [0.3, 0.4) is 0 Å². The molecule has 1 aliphatic rings. The standard InChI is InChI=1S/C17H18Cl2N2OS/c18-14-4-2-13(3-5-14)12-20-8-1-9-21(11-10-20)17(22)15-6-7-16(19)23-15/h2-7H,1,8-12H2. The molecule has 0 atom stereocenters. The first-order valence-electron chi connectivity index (χ1n) is 7.63. The van der Waals surface area contributed by atoms with Crippen molar-refractivity contribution in [1.82, 2.24) is 9.80 Å². The molecule has 1 saturated heterocycles. The Morgan fingerprint density at radius 3 is 2.48 bits per heavy atom. The van der Waals surface area contributed by atoms with E-state index in [-0.39, 0.29) is 5.91 Å². The number of rotatable bonds is 3. The third kappa shape index (κ3) is 4.48. The van der Waals surface area contributed by atoms with Crippen molar-refractivity contribution in [3.8, 4) is 0 Å². The second kappa shape index (κ2) is 7.67. The second-order valence-corrected chi connectivity index (χ2v) is 7.80. The van der Waals surface area contributed by atoms with E-state index in [1.165, 1.54) is 16.9 Å². The van der Waals surface area contributed by atoms with Gasteiger partial charge in [0.25, 0.3) is 5.91 Å². The smallest absolute Gasteiger partial charge is 0.264 e. The molecule has 2 heterocycles. The SMILES string of the molecule is O=C(c1ccc(Cl)s1)N1CCCN(Cc2ccc(Cl)cc2)CC1. The maximum absolute atomic E-state index is 12.5. The summed E-state index contributed by atoms with van der Waals surface area (Å²) in [5.41, 5.74) is 1.25. The Labute approximate surface area is 150 Å². The van der Waals surface area contributed by atoms with E-state index in [0.717, 1.165) is 49.0 Å². The summed E-state index contributed by atoms with van der Waals surface area (Å²) in [7, 11) is 0. The lowest BCUT2D eigenvalue weighted by Crippen LogP contribution is -2.34. The number of nitrogens with zero attached hydrogens (tertiary/aromatic N) is 2. The van der Waals surface area contributed by atoms with Gasteiger partial charge in [-0.25, -0.2) is 0 Å². The molecule has 0 radical (unpaired) electrons. The van der Waals surface area contributed by atoms with E-state index in [1.807, 2.05) is 23.1 Å². The maximum atomic E-state index is 12.5. The second-order valence-electron chi connectivity index (χ2n) is 5.65. The summed E-state index contributed by atoms with van der Waals surface area (Å²) in [6.45, 7) is 4.32. The number of hydrogen-bond donors (Lipinski definition) is 0. The zero-order valence-corrected chi connectivity index (χ0v) is 15.0. The highest BCUT2D eigenvalue weighted by atomic mass is 35.5. The van der Waals surface area contributed by atoms with Crippen molar-refractivity contribution in [3.63, 3.8) is 0 Å². The van der Waals surface area contributed by atoms with Crippen LogP contribution in [0.15, 0.2) is 36.4 Å². The lowest BCUT2D eigenvalue weighted by molar-refractivity contribution is 0.0766. The van der Waals surface area contributed by atoms with Crippen LogP contribution >= 0.6 is 34.5 Å². The largest absolute Gasteiger partial charge is 0.337 e. The molecular formula is C17H18Cl2N2OS. The van der Waals surface area contributed by atoms with Crippen molar-refractivity contribution in [2.24, 2.45) is 0 Å². The summed E-state index contributed by atoms with van der Waals surface area (Å²) < 4.78 is 0.660. The van der Waals surface area contributed by atoms with Crippen LogP contribution in [0.1, 0.15) is 21.7 Å². The lowest BCUT2D eigenvalue weighted by Gasteiger charge is -2.21. The predicted molar refractivity (Wildman–Crippen MR) is 96.6 cm³/mol. The highest BCUT2D eigenvalue weighted by Gasteiger charge is 2.21. The molecule has 3 nitrogen and oxygen atoms in total. The Morgan fingerprint density at radius 2 is 1.78 bits per heavy atom. The van der Waals surface area contributed by atoms with Gasteiger partial charge in [-0.2, -0.15) is 0 Å². The van der Waals surface area contributed by atoms with Gasteiger partial charge < -0.3 is 4.90 Å². The van der Waals surface area contributed by atoms with Gasteiger partial charge >= 0.3 is 0 Å². The van der Waals surface area contributed by atoms with E-state index < -0.39 is 0 Å². The van der Waals surface area contributed by atoms with Gasteiger partial charge in [0.2, 0.25) is 0 Å². The van der Waals surface area contributed by atoms with Gasteiger partial charge in [-0.1, -0.05) is 35.3 Å². The highest BCUT2D eigenvalue weighted by Crippen LogP contribution is 2.23. The Hall–Kier alpha value is -1.07. The first kappa shape index (κ1) is 16.8. The number of hydrogen-bond acceptors (Lipinski definition) is 3. The third-order valence-corrected chi connectivity index (χ3v) is 5.45. The molecule has 0 unspecified atom stereocenters. The summed E-state index contributed by atoms with van der Waals surface area (Å²) in [6.07, 6.45) is 0.985. The Bertz CT molecular complexity index is 671. The van der Waals surface area contributed by atoms with E-state index in [9.17, 15) is 4.79 Å². The Kier molecular flexibility index (Phi) is 5.59. The normalized spacial score (nSPS) is 16.3. The summed E-state index contributed by atoms with van der Waals surface area (Å²) in [5.74, 6) is 0.0928. The van der Waals surface area contributed by atoms with Crippen molar-refractivity contribution in [1.29, 1.82) is 0 Å².